The number of thiazole rings is 1. The molecule has 0 unspecified atom stereocenters. The molecular formula is C19H22N2O3S. The van der Waals surface area contributed by atoms with E-state index in [1.54, 1.807) is 6.08 Å². The van der Waals surface area contributed by atoms with E-state index in [9.17, 15) is 9.59 Å². The van der Waals surface area contributed by atoms with Crippen LogP contribution >= 0.6 is 11.3 Å². The number of aromatic nitrogens is 1. The van der Waals surface area contributed by atoms with Gasteiger partial charge in [0.2, 0.25) is 0 Å². The van der Waals surface area contributed by atoms with Crippen molar-refractivity contribution in [1.29, 1.82) is 0 Å². The second kappa shape index (κ2) is 8.25. The molecule has 1 amide bonds. The van der Waals surface area contributed by atoms with E-state index in [1.807, 2.05) is 29.2 Å². The van der Waals surface area contributed by atoms with Crippen LogP contribution in [0.25, 0.3) is 16.3 Å². The maximum absolute atomic E-state index is 12.3. The lowest BCUT2D eigenvalue weighted by atomic mass is 10.00. The van der Waals surface area contributed by atoms with Crippen LogP contribution in [0.2, 0.25) is 0 Å². The van der Waals surface area contributed by atoms with Crippen LogP contribution in [0.3, 0.4) is 0 Å². The molecule has 1 fully saturated rings. The van der Waals surface area contributed by atoms with Crippen LogP contribution in [0, 0.1) is 0 Å². The van der Waals surface area contributed by atoms with Crippen molar-refractivity contribution >= 4 is 39.5 Å². The third kappa shape index (κ3) is 4.45. The molecule has 0 bridgehead atoms. The van der Waals surface area contributed by atoms with Crippen molar-refractivity contribution in [3.05, 3.63) is 35.3 Å². The number of carbonyl (C=O) groups excluding carboxylic acids is 2. The lowest BCUT2D eigenvalue weighted by Crippen LogP contribution is -2.45. The Bertz CT molecular complexity index is 751. The van der Waals surface area contributed by atoms with Crippen molar-refractivity contribution in [2.75, 3.05) is 13.2 Å². The summed E-state index contributed by atoms with van der Waals surface area (Å²) < 4.78 is 6.18. The predicted molar refractivity (Wildman–Crippen MR) is 99.3 cm³/mol. The molecule has 0 N–H and O–H groups in total. The van der Waals surface area contributed by atoms with Gasteiger partial charge in [0.15, 0.2) is 6.61 Å². The highest BCUT2D eigenvalue weighted by Crippen LogP contribution is 2.22. The highest BCUT2D eigenvalue weighted by atomic mass is 32.1. The zero-order valence-corrected chi connectivity index (χ0v) is 15.1. The Morgan fingerprint density at radius 1 is 1.36 bits per heavy atom. The maximum atomic E-state index is 12.3. The number of ether oxygens (including phenoxy) is 1. The Morgan fingerprint density at radius 2 is 2.20 bits per heavy atom. The number of rotatable bonds is 5. The topological polar surface area (TPSA) is 59.5 Å². The van der Waals surface area contributed by atoms with E-state index >= 15 is 0 Å². The van der Waals surface area contributed by atoms with Crippen molar-refractivity contribution in [1.82, 2.24) is 9.88 Å². The SMILES string of the molecule is CC[C@@H]1CCCCN1C(=O)COC(=O)/C=C/c1nc2ccccc2s1. The molecule has 5 nitrogen and oxygen atoms in total. The van der Waals surface area contributed by atoms with E-state index in [0.29, 0.717) is 0 Å². The molecule has 1 aromatic heterocycles. The molecule has 1 aliphatic heterocycles. The second-order valence-electron chi connectivity index (χ2n) is 6.11. The van der Waals surface area contributed by atoms with Gasteiger partial charge in [0, 0.05) is 18.7 Å². The summed E-state index contributed by atoms with van der Waals surface area (Å²) >= 11 is 1.51. The highest BCUT2D eigenvalue weighted by Gasteiger charge is 2.25. The summed E-state index contributed by atoms with van der Waals surface area (Å²) in [6.45, 7) is 2.65. The largest absolute Gasteiger partial charge is 0.452 e. The van der Waals surface area contributed by atoms with E-state index in [0.717, 1.165) is 47.5 Å². The smallest absolute Gasteiger partial charge is 0.331 e. The molecule has 2 heterocycles. The van der Waals surface area contributed by atoms with Crippen molar-refractivity contribution < 1.29 is 14.3 Å². The molecule has 132 valence electrons. The van der Waals surface area contributed by atoms with Crippen LogP contribution in [-0.2, 0) is 14.3 Å². The Morgan fingerprint density at radius 3 is 3.00 bits per heavy atom. The van der Waals surface area contributed by atoms with E-state index in [2.05, 4.69) is 11.9 Å². The minimum atomic E-state index is -0.516. The fourth-order valence-corrected chi connectivity index (χ4v) is 3.99. The molecule has 3 rings (SSSR count). The van der Waals surface area contributed by atoms with Gasteiger partial charge in [-0.25, -0.2) is 9.78 Å². The van der Waals surface area contributed by atoms with E-state index in [1.165, 1.54) is 17.4 Å². The Balaban J connectivity index is 1.52. The van der Waals surface area contributed by atoms with Gasteiger partial charge in [-0.05, 0) is 43.9 Å². The molecule has 0 saturated carbocycles. The summed E-state index contributed by atoms with van der Waals surface area (Å²) in [6.07, 6.45) is 7.12. The molecule has 0 radical (unpaired) electrons. The zero-order chi connectivity index (χ0) is 17.6. The van der Waals surface area contributed by atoms with Gasteiger partial charge in [-0.1, -0.05) is 19.1 Å². The maximum Gasteiger partial charge on any atom is 0.331 e. The van der Waals surface area contributed by atoms with Gasteiger partial charge < -0.3 is 9.64 Å². The third-order valence-electron chi connectivity index (χ3n) is 4.43. The third-order valence-corrected chi connectivity index (χ3v) is 5.43. The standard InChI is InChI=1S/C19H22N2O3S/c1-2-14-7-5-6-12-21(14)18(22)13-24-19(23)11-10-17-20-15-8-3-4-9-16(15)25-17/h3-4,8-11,14H,2,5-7,12-13H2,1H3/b11-10+/t14-/m1/s1. The van der Waals surface area contributed by atoms with Crippen LogP contribution in [0.5, 0.6) is 0 Å². The number of piperidine rings is 1. The Hall–Kier alpha value is -2.21. The Labute approximate surface area is 151 Å². The van der Waals surface area contributed by atoms with Crippen molar-refractivity contribution in [2.45, 2.75) is 38.6 Å². The fourth-order valence-electron chi connectivity index (χ4n) is 3.12. The van der Waals surface area contributed by atoms with Gasteiger partial charge in [0.1, 0.15) is 5.01 Å². The van der Waals surface area contributed by atoms with Crippen LogP contribution in [0.15, 0.2) is 30.3 Å². The first-order valence-corrected chi connectivity index (χ1v) is 9.49. The molecule has 1 atom stereocenters. The van der Waals surface area contributed by atoms with Gasteiger partial charge in [-0.2, -0.15) is 0 Å². The zero-order valence-electron chi connectivity index (χ0n) is 14.3. The average Bonchev–Trinajstić information content (AvgIpc) is 3.07. The number of nitrogens with zero attached hydrogens (tertiary/aromatic N) is 2. The van der Waals surface area contributed by atoms with Crippen LogP contribution < -0.4 is 0 Å². The lowest BCUT2D eigenvalue weighted by Gasteiger charge is -2.35. The van der Waals surface area contributed by atoms with Gasteiger partial charge in [0.05, 0.1) is 10.2 Å². The van der Waals surface area contributed by atoms with E-state index < -0.39 is 5.97 Å². The number of hydrogen-bond acceptors (Lipinski definition) is 5. The molecule has 1 aromatic carbocycles. The second-order valence-corrected chi connectivity index (χ2v) is 7.17. The quantitative estimate of drug-likeness (QED) is 0.605. The number of benzene rings is 1. The minimum Gasteiger partial charge on any atom is -0.452 e. The summed E-state index contributed by atoms with van der Waals surface area (Å²) in [5.41, 5.74) is 0.909. The summed E-state index contributed by atoms with van der Waals surface area (Å²) in [5, 5.41) is 0.742. The molecular weight excluding hydrogens is 336 g/mol. The van der Waals surface area contributed by atoms with E-state index in [-0.39, 0.29) is 18.6 Å². The predicted octanol–water partition coefficient (Wildman–Crippen LogP) is 3.64. The molecule has 1 aliphatic rings. The van der Waals surface area contributed by atoms with Crippen LogP contribution in [0.4, 0.5) is 0 Å². The van der Waals surface area contributed by atoms with E-state index in [4.69, 9.17) is 4.74 Å². The van der Waals surface area contributed by atoms with Gasteiger partial charge >= 0.3 is 5.97 Å². The molecule has 6 heteroatoms. The first-order valence-electron chi connectivity index (χ1n) is 8.67. The lowest BCUT2D eigenvalue weighted by molar-refractivity contribution is -0.150. The van der Waals surface area contributed by atoms with Crippen LogP contribution in [-0.4, -0.2) is 41.0 Å². The number of amides is 1. The average molecular weight is 358 g/mol. The number of esters is 1. The number of hydrogen-bond donors (Lipinski definition) is 0. The molecule has 0 spiro atoms. The number of likely N-dealkylation sites (tertiary alicyclic amines) is 1. The molecule has 2 aromatic rings. The van der Waals surface area contributed by atoms with Crippen molar-refractivity contribution in [3.8, 4) is 0 Å². The normalized spacial score (nSPS) is 18.0. The minimum absolute atomic E-state index is 0.103. The number of carbonyl (C=O) groups is 2. The first-order chi connectivity index (χ1) is 12.2. The van der Waals surface area contributed by atoms with Gasteiger partial charge in [-0.15, -0.1) is 11.3 Å². The monoisotopic (exact) mass is 358 g/mol. The molecule has 1 saturated heterocycles. The molecule has 0 aliphatic carbocycles. The summed E-state index contributed by atoms with van der Waals surface area (Å²) in [5.74, 6) is -0.619. The van der Waals surface area contributed by atoms with Gasteiger partial charge in [-0.3, -0.25) is 4.79 Å². The summed E-state index contributed by atoms with van der Waals surface area (Å²) in [7, 11) is 0. The van der Waals surface area contributed by atoms with Gasteiger partial charge in [0.25, 0.3) is 5.91 Å². The molecule has 25 heavy (non-hydrogen) atoms. The summed E-state index contributed by atoms with van der Waals surface area (Å²) in [6, 6.07) is 8.09. The summed E-state index contributed by atoms with van der Waals surface area (Å²) in [4.78, 5) is 30.4. The highest BCUT2D eigenvalue weighted by molar-refractivity contribution is 7.19. The Kier molecular flexibility index (Phi) is 5.81. The van der Waals surface area contributed by atoms with Crippen molar-refractivity contribution in [3.63, 3.8) is 0 Å². The number of para-hydroxylation sites is 1. The number of fused-ring (bicyclic) bond motifs is 1. The fraction of sp³-hybridized carbons (Fsp3) is 0.421. The van der Waals surface area contributed by atoms with Crippen molar-refractivity contribution in [2.24, 2.45) is 0 Å². The van der Waals surface area contributed by atoms with Crippen LogP contribution in [0.1, 0.15) is 37.6 Å². The first kappa shape index (κ1) is 17.6.